The molecule has 340 valence electrons. The van der Waals surface area contributed by atoms with Gasteiger partial charge in [0.15, 0.2) is 8.07 Å². The molecule has 2 aliphatic rings. The van der Waals surface area contributed by atoms with E-state index in [0.717, 1.165) is 17.1 Å². The van der Waals surface area contributed by atoms with Gasteiger partial charge in [-0.3, -0.25) is 0 Å². The maximum atomic E-state index is 2.49. The van der Waals surface area contributed by atoms with Gasteiger partial charge in [0.1, 0.15) is 8.07 Å². The summed E-state index contributed by atoms with van der Waals surface area (Å²) in [4.78, 5) is 2.43. The summed E-state index contributed by atoms with van der Waals surface area (Å²) in [7, 11) is -4.39. The van der Waals surface area contributed by atoms with Crippen LogP contribution in [0.1, 0.15) is 0 Å². The molecule has 0 N–H and O–H groups in total. The predicted octanol–water partition coefficient (Wildman–Crippen LogP) is 13.7. The topological polar surface area (TPSA) is 8.17 Å². The number of hydrogen-bond donors (Lipinski definition) is 0. The summed E-state index contributed by atoms with van der Waals surface area (Å²) in [5, 5.41) is 11.3. The third kappa shape index (κ3) is 6.39. The van der Waals surface area contributed by atoms with Crippen LogP contribution in [0.2, 0.25) is 13.1 Å². The highest BCUT2D eigenvalue weighted by molar-refractivity contribution is 7.22. The Morgan fingerprint density at radius 2 is 0.764 bits per heavy atom. The second kappa shape index (κ2) is 16.5. The molecule has 2 nitrogen and oxygen atoms in total. The van der Waals surface area contributed by atoms with Gasteiger partial charge in [-0.25, -0.2) is 0 Å². The van der Waals surface area contributed by atoms with Crippen LogP contribution >= 0.6 is 0 Å². The molecular formula is C68H50N2Si2. The van der Waals surface area contributed by atoms with Gasteiger partial charge in [-0.1, -0.05) is 213 Å². The first-order valence-corrected chi connectivity index (χ1v) is 30.2. The number of para-hydroxylation sites is 1. The van der Waals surface area contributed by atoms with Crippen molar-refractivity contribution in [3.63, 3.8) is 0 Å². The largest absolute Gasteiger partial charge is 0.310 e. The molecule has 11 aromatic carbocycles. The summed E-state index contributed by atoms with van der Waals surface area (Å²) in [5.41, 5.74) is 17.2. The van der Waals surface area contributed by atoms with Crippen molar-refractivity contribution in [2.24, 2.45) is 0 Å². The zero-order valence-electron chi connectivity index (χ0n) is 40.3. The van der Waals surface area contributed by atoms with Crippen LogP contribution in [0.25, 0.3) is 72.0 Å². The highest BCUT2D eigenvalue weighted by atomic mass is 28.3. The van der Waals surface area contributed by atoms with Crippen LogP contribution in [0.15, 0.2) is 267 Å². The van der Waals surface area contributed by atoms with Gasteiger partial charge in [0.25, 0.3) is 0 Å². The van der Waals surface area contributed by atoms with E-state index in [9.17, 15) is 0 Å². The summed E-state index contributed by atoms with van der Waals surface area (Å²) in [6.45, 7) is 4.98. The summed E-state index contributed by atoms with van der Waals surface area (Å²) in [6, 6.07) is 100. The van der Waals surface area contributed by atoms with Gasteiger partial charge in [-0.15, -0.1) is 0 Å². The van der Waals surface area contributed by atoms with E-state index in [-0.39, 0.29) is 0 Å². The SMILES string of the molecule is C[Si]1(C)c2ccccc2-c2cc(-n3c4ccccc4c4cc(-c5ccc(N(c6ccc(-c7ccccc7)cc6)c6ccc7c(c6)-c6ccccc6[Si]7(c6ccccc6)c6ccccc6)cc5)ccc43)ccc21. The predicted molar refractivity (Wildman–Crippen MR) is 311 cm³/mol. The van der Waals surface area contributed by atoms with Crippen molar-refractivity contribution < 1.29 is 0 Å². The lowest BCUT2D eigenvalue weighted by Crippen LogP contribution is -2.72. The van der Waals surface area contributed by atoms with E-state index < -0.39 is 16.1 Å². The van der Waals surface area contributed by atoms with Gasteiger partial charge in [-0.05, 0) is 142 Å². The van der Waals surface area contributed by atoms with Gasteiger partial charge in [0, 0.05) is 33.5 Å². The molecule has 0 saturated carbocycles. The number of aromatic nitrogens is 1. The third-order valence-corrected chi connectivity index (χ3v) is 24.3. The molecule has 3 heterocycles. The third-order valence-electron chi connectivity index (χ3n) is 15.9. The molecule has 4 heteroatoms. The molecule has 0 atom stereocenters. The Balaban J connectivity index is 0.884. The summed E-state index contributed by atoms with van der Waals surface area (Å²) in [6.07, 6.45) is 0. The van der Waals surface area contributed by atoms with Crippen molar-refractivity contribution in [1.29, 1.82) is 0 Å². The van der Waals surface area contributed by atoms with Crippen molar-refractivity contribution in [3.05, 3.63) is 267 Å². The molecule has 0 unspecified atom stereocenters. The Labute approximate surface area is 423 Å². The van der Waals surface area contributed by atoms with Crippen molar-refractivity contribution >= 4 is 86.1 Å². The van der Waals surface area contributed by atoms with Gasteiger partial charge in [0.05, 0.1) is 11.0 Å². The van der Waals surface area contributed by atoms with Crippen LogP contribution in [0, 0.1) is 0 Å². The molecule has 0 fully saturated rings. The molecule has 12 aromatic rings. The highest BCUT2D eigenvalue weighted by Gasteiger charge is 2.48. The standard InChI is InChI=1S/C68H50N2Si2/c1-71(2)65-28-16-13-25-58(65)61-46-54(39-42-66(61)71)70-63-27-15-12-24-57(63)60-44-50(34-41-64(60)70)49-32-37-52(38-33-49)69(51-35-30-48(31-36-51)47-18-6-3-7-19-47)53-40-43-68-62(45-53)59-26-14-17-29-67(59)72(68,55-20-8-4-9-21-55)56-22-10-5-11-23-56/h3-46H,1-2H3. The summed E-state index contributed by atoms with van der Waals surface area (Å²) in [5.74, 6) is 0. The van der Waals surface area contributed by atoms with Crippen LogP contribution in [-0.2, 0) is 0 Å². The summed E-state index contributed by atoms with van der Waals surface area (Å²) >= 11 is 0. The molecule has 1 aromatic heterocycles. The molecule has 72 heavy (non-hydrogen) atoms. The fraction of sp³-hybridized carbons (Fsp3) is 0.0294. The molecule has 0 saturated heterocycles. The van der Waals surface area contributed by atoms with Gasteiger partial charge in [0.2, 0.25) is 0 Å². The van der Waals surface area contributed by atoms with Crippen LogP contribution in [0.4, 0.5) is 17.1 Å². The zero-order chi connectivity index (χ0) is 48.0. The smallest absolute Gasteiger partial charge is 0.180 e. The maximum absolute atomic E-state index is 2.63. The van der Waals surface area contributed by atoms with Crippen LogP contribution in [-0.4, -0.2) is 20.7 Å². The van der Waals surface area contributed by atoms with Crippen molar-refractivity contribution in [2.75, 3.05) is 4.90 Å². The fourth-order valence-electron chi connectivity index (χ4n) is 12.5. The first kappa shape index (κ1) is 42.3. The summed E-state index contributed by atoms with van der Waals surface area (Å²) < 4.78 is 2.47. The van der Waals surface area contributed by atoms with Gasteiger partial charge in [-0.2, -0.15) is 0 Å². The molecule has 14 rings (SSSR count). The van der Waals surface area contributed by atoms with Crippen LogP contribution in [0.3, 0.4) is 0 Å². The molecule has 0 bridgehead atoms. The fourth-order valence-corrected chi connectivity index (χ4v) is 20.8. The Morgan fingerprint density at radius 3 is 1.44 bits per heavy atom. The van der Waals surface area contributed by atoms with Gasteiger partial charge >= 0.3 is 0 Å². The average molecular weight is 951 g/mol. The molecular weight excluding hydrogens is 901 g/mol. The first-order valence-electron chi connectivity index (χ1n) is 25.2. The minimum Gasteiger partial charge on any atom is -0.310 e. The number of hydrogen-bond acceptors (Lipinski definition) is 1. The lowest BCUT2D eigenvalue weighted by atomic mass is 10.0. The molecule has 0 amide bonds. The van der Waals surface area contributed by atoms with Crippen LogP contribution in [0.5, 0.6) is 0 Å². The first-order chi connectivity index (χ1) is 35.5. The Morgan fingerprint density at radius 1 is 0.306 bits per heavy atom. The number of anilines is 3. The zero-order valence-corrected chi connectivity index (χ0v) is 42.3. The van der Waals surface area contributed by atoms with E-state index in [1.165, 1.54) is 103 Å². The van der Waals surface area contributed by atoms with Crippen molar-refractivity contribution in [2.45, 2.75) is 13.1 Å². The van der Waals surface area contributed by atoms with E-state index in [2.05, 4.69) is 289 Å². The minimum atomic E-state index is -2.63. The second-order valence-electron chi connectivity index (χ2n) is 20.0. The number of fused-ring (bicyclic) bond motifs is 9. The lowest BCUT2D eigenvalue weighted by Gasteiger charge is -2.32. The number of benzene rings is 11. The molecule has 0 spiro atoms. The monoisotopic (exact) mass is 950 g/mol. The second-order valence-corrected chi connectivity index (χ2v) is 28.1. The number of nitrogens with zero attached hydrogens (tertiary/aromatic N) is 2. The van der Waals surface area contributed by atoms with E-state index >= 15 is 0 Å². The Bertz CT molecular complexity index is 4010. The van der Waals surface area contributed by atoms with Crippen LogP contribution < -0.4 is 36.0 Å². The van der Waals surface area contributed by atoms with Gasteiger partial charge < -0.3 is 9.47 Å². The lowest BCUT2D eigenvalue weighted by molar-refractivity contribution is 1.18. The minimum absolute atomic E-state index is 1.11. The quantitative estimate of drug-likeness (QED) is 0.138. The van der Waals surface area contributed by atoms with Crippen molar-refractivity contribution in [1.82, 2.24) is 4.57 Å². The molecule has 2 aliphatic heterocycles. The molecule has 0 aliphatic carbocycles. The van der Waals surface area contributed by atoms with E-state index in [1.54, 1.807) is 0 Å². The average Bonchev–Trinajstić information content (AvgIpc) is 4.02. The maximum Gasteiger partial charge on any atom is 0.180 e. The van der Waals surface area contributed by atoms with Crippen molar-refractivity contribution in [3.8, 4) is 50.2 Å². The Kier molecular flexibility index (Phi) is 9.72. The van der Waals surface area contributed by atoms with E-state index in [0.29, 0.717) is 0 Å². The van der Waals surface area contributed by atoms with E-state index in [4.69, 9.17) is 0 Å². The number of rotatable bonds is 8. The molecule has 0 radical (unpaired) electrons. The Hall–Kier alpha value is -8.55. The highest BCUT2D eigenvalue weighted by Crippen LogP contribution is 2.42. The van der Waals surface area contributed by atoms with E-state index in [1.807, 2.05) is 0 Å². The normalized spacial score (nSPS) is 13.6.